The molecular weight excluding hydrogens is 262 g/mol. The van der Waals surface area contributed by atoms with Gasteiger partial charge in [-0.25, -0.2) is 4.21 Å². The standard InChI is InChI=1S/C10H12BrNOS/c11-9-3-5-10(6-4-9)12-14(13)7-1-2-8-14/h3-6H,1-2,7-8H2/i3D,4D,5D,6D. The van der Waals surface area contributed by atoms with Crippen LogP contribution in [-0.4, -0.2) is 15.7 Å². The molecule has 0 radical (unpaired) electrons. The monoisotopic (exact) mass is 277 g/mol. The van der Waals surface area contributed by atoms with E-state index in [0.717, 1.165) is 12.8 Å². The lowest BCUT2D eigenvalue weighted by molar-refractivity contribution is 0.681. The lowest BCUT2D eigenvalue weighted by Crippen LogP contribution is -1.99. The Morgan fingerprint density at radius 2 is 1.86 bits per heavy atom. The second-order valence-corrected chi connectivity index (χ2v) is 6.48. The van der Waals surface area contributed by atoms with Crippen molar-refractivity contribution in [3.63, 3.8) is 0 Å². The largest absolute Gasteiger partial charge is 0.249 e. The molecule has 2 nitrogen and oxygen atoms in total. The number of hydrogen-bond donors (Lipinski definition) is 0. The zero-order chi connectivity index (χ0) is 13.5. The predicted octanol–water partition coefficient (Wildman–Crippen LogP) is 3.34. The van der Waals surface area contributed by atoms with Gasteiger partial charge in [-0.05, 0) is 37.0 Å². The molecule has 1 aromatic carbocycles. The van der Waals surface area contributed by atoms with E-state index < -0.39 is 9.73 Å². The van der Waals surface area contributed by atoms with Crippen LogP contribution in [0, 0.1) is 0 Å². The number of hydrogen-bond acceptors (Lipinski definition) is 2. The van der Waals surface area contributed by atoms with E-state index in [1.54, 1.807) is 0 Å². The van der Waals surface area contributed by atoms with Crippen molar-refractivity contribution in [1.82, 2.24) is 0 Å². The van der Waals surface area contributed by atoms with Crippen LogP contribution in [0.15, 0.2) is 33.0 Å². The van der Waals surface area contributed by atoms with E-state index in [1.165, 1.54) is 0 Å². The lowest BCUT2D eigenvalue weighted by Gasteiger charge is -2.00. The summed E-state index contributed by atoms with van der Waals surface area (Å²) in [5, 5.41) is 0. The molecule has 1 aliphatic heterocycles. The molecule has 0 unspecified atom stereocenters. The van der Waals surface area contributed by atoms with Gasteiger partial charge < -0.3 is 0 Å². The second-order valence-electron chi connectivity index (χ2n) is 3.14. The van der Waals surface area contributed by atoms with Gasteiger partial charge in [-0.1, -0.05) is 15.9 Å². The Kier molecular flexibility index (Phi) is 1.81. The van der Waals surface area contributed by atoms with Crippen molar-refractivity contribution < 1.29 is 9.69 Å². The molecule has 0 aromatic heterocycles. The quantitative estimate of drug-likeness (QED) is 0.774. The van der Waals surface area contributed by atoms with E-state index in [2.05, 4.69) is 20.3 Å². The molecule has 0 N–H and O–H groups in total. The first kappa shape index (κ1) is 6.28. The minimum Gasteiger partial charge on any atom is -0.249 e. The molecule has 0 atom stereocenters. The fourth-order valence-electron chi connectivity index (χ4n) is 1.35. The van der Waals surface area contributed by atoms with Gasteiger partial charge in [0, 0.05) is 16.0 Å². The van der Waals surface area contributed by atoms with Crippen LogP contribution in [0.1, 0.15) is 18.3 Å². The third-order valence-corrected chi connectivity index (χ3v) is 4.78. The maximum atomic E-state index is 12.3. The number of rotatable bonds is 1. The fourth-order valence-corrected chi connectivity index (χ4v) is 3.67. The van der Waals surface area contributed by atoms with Crippen molar-refractivity contribution in [3.8, 4) is 0 Å². The van der Waals surface area contributed by atoms with Crippen LogP contribution in [0.2, 0.25) is 0 Å². The van der Waals surface area contributed by atoms with Crippen molar-refractivity contribution >= 4 is 31.3 Å². The summed E-state index contributed by atoms with van der Waals surface area (Å²) < 4.78 is 47.4. The van der Waals surface area contributed by atoms with Gasteiger partial charge in [-0.3, -0.25) is 0 Å². The van der Waals surface area contributed by atoms with Crippen LogP contribution in [0.5, 0.6) is 0 Å². The summed E-state index contributed by atoms with van der Waals surface area (Å²) in [6.07, 6.45) is 1.67. The molecule has 14 heavy (non-hydrogen) atoms. The van der Waals surface area contributed by atoms with Gasteiger partial charge in [0.05, 0.1) is 20.9 Å². The van der Waals surface area contributed by atoms with Crippen molar-refractivity contribution in [2.24, 2.45) is 4.36 Å². The molecule has 0 spiro atoms. The summed E-state index contributed by atoms with van der Waals surface area (Å²) in [4.78, 5) is 0. The van der Waals surface area contributed by atoms with Gasteiger partial charge in [0.1, 0.15) is 0 Å². The number of nitrogens with zero attached hydrogens (tertiary/aromatic N) is 1. The average Bonchev–Trinajstić information content (AvgIpc) is 2.77. The van der Waals surface area contributed by atoms with Gasteiger partial charge in [0.25, 0.3) is 0 Å². The summed E-state index contributed by atoms with van der Waals surface area (Å²) in [5.41, 5.74) is -0.0832. The summed E-state index contributed by atoms with van der Waals surface area (Å²) in [7, 11) is -2.40. The van der Waals surface area contributed by atoms with Crippen molar-refractivity contribution in [2.45, 2.75) is 12.8 Å². The smallest absolute Gasteiger partial charge is 0.0731 e. The molecule has 2 rings (SSSR count). The molecule has 0 saturated carbocycles. The Morgan fingerprint density at radius 1 is 1.29 bits per heavy atom. The van der Waals surface area contributed by atoms with Crippen LogP contribution in [0.25, 0.3) is 0 Å². The van der Waals surface area contributed by atoms with Crippen LogP contribution < -0.4 is 0 Å². The topological polar surface area (TPSA) is 29.4 Å². The van der Waals surface area contributed by atoms with Crippen LogP contribution in [-0.2, 0) is 9.73 Å². The van der Waals surface area contributed by atoms with Gasteiger partial charge in [0.2, 0.25) is 0 Å². The zero-order valence-electron chi connectivity index (χ0n) is 11.5. The fraction of sp³-hybridized carbons (Fsp3) is 0.400. The molecule has 1 heterocycles. The van der Waals surface area contributed by atoms with Crippen molar-refractivity contribution in [2.75, 3.05) is 11.5 Å². The number of benzene rings is 1. The summed E-state index contributed by atoms with van der Waals surface area (Å²) >= 11 is 3.01. The first-order chi connectivity index (χ1) is 8.36. The summed E-state index contributed by atoms with van der Waals surface area (Å²) in [6, 6.07) is -0.846. The Hall–Kier alpha value is -0.350. The van der Waals surface area contributed by atoms with E-state index in [4.69, 9.17) is 5.48 Å². The molecule has 0 aliphatic carbocycles. The SMILES string of the molecule is [2H]c1c([2H])c(N=S2(=O)CCCC2)c([2H])c([2H])c1Br. The minimum atomic E-state index is -2.40. The van der Waals surface area contributed by atoms with E-state index in [-0.39, 0.29) is 34.3 Å². The van der Waals surface area contributed by atoms with Crippen molar-refractivity contribution in [3.05, 3.63) is 28.6 Å². The van der Waals surface area contributed by atoms with Gasteiger partial charge >= 0.3 is 0 Å². The summed E-state index contributed by atoms with van der Waals surface area (Å²) in [6.45, 7) is 0. The van der Waals surface area contributed by atoms with Gasteiger partial charge in [-0.15, -0.1) is 0 Å². The number of halogens is 1. The Bertz CT molecular complexity index is 584. The Labute approximate surface area is 98.7 Å². The Balaban J connectivity index is 2.70. The molecule has 0 bridgehead atoms. The van der Waals surface area contributed by atoms with Crippen LogP contribution >= 0.6 is 15.9 Å². The molecule has 0 amide bonds. The predicted molar refractivity (Wildman–Crippen MR) is 63.3 cm³/mol. The normalized spacial score (nSPS) is 23.5. The van der Waals surface area contributed by atoms with Gasteiger partial charge in [-0.2, -0.15) is 4.36 Å². The maximum absolute atomic E-state index is 12.3. The van der Waals surface area contributed by atoms with Gasteiger partial charge in [0.15, 0.2) is 0 Å². The summed E-state index contributed by atoms with van der Waals surface area (Å²) in [5.74, 6) is 0.950. The minimum absolute atomic E-state index is 0.0832. The highest BCUT2D eigenvalue weighted by molar-refractivity contribution is 9.10. The first-order valence-electron chi connectivity index (χ1n) is 6.34. The second kappa shape index (κ2) is 4.03. The lowest BCUT2D eigenvalue weighted by atomic mass is 10.3. The molecule has 4 heteroatoms. The molecule has 1 aliphatic rings. The molecule has 1 fully saturated rings. The third-order valence-electron chi connectivity index (χ3n) is 2.02. The van der Waals surface area contributed by atoms with E-state index in [9.17, 15) is 4.21 Å². The van der Waals surface area contributed by atoms with E-state index in [1.807, 2.05) is 0 Å². The average molecular weight is 278 g/mol. The molecular formula is C10H12BrNOS. The highest BCUT2D eigenvalue weighted by Crippen LogP contribution is 2.22. The maximum Gasteiger partial charge on any atom is 0.0731 e. The van der Waals surface area contributed by atoms with E-state index in [0.29, 0.717) is 11.5 Å². The molecule has 1 saturated heterocycles. The van der Waals surface area contributed by atoms with Crippen LogP contribution in [0.4, 0.5) is 5.69 Å². The Morgan fingerprint density at radius 3 is 2.43 bits per heavy atom. The van der Waals surface area contributed by atoms with Crippen LogP contribution in [0.3, 0.4) is 0 Å². The zero-order valence-corrected chi connectivity index (χ0v) is 9.87. The highest BCUT2D eigenvalue weighted by Gasteiger charge is 2.15. The molecule has 1 aromatic rings. The van der Waals surface area contributed by atoms with E-state index >= 15 is 0 Å². The molecule has 76 valence electrons. The first-order valence-corrected chi connectivity index (χ1v) is 6.99. The highest BCUT2D eigenvalue weighted by atomic mass is 79.9. The van der Waals surface area contributed by atoms with Crippen molar-refractivity contribution in [1.29, 1.82) is 0 Å². The third kappa shape index (κ3) is 2.36.